The number of hydrogen-bond donors (Lipinski definition) is 0. The normalized spacial score (nSPS) is 40.4. The summed E-state index contributed by atoms with van der Waals surface area (Å²) >= 11 is 0. The number of carbonyl (C=O) groups is 1. The second kappa shape index (κ2) is 4.82. The van der Waals surface area contributed by atoms with E-state index in [1.54, 1.807) is 0 Å². The van der Waals surface area contributed by atoms with Crippen molar-refractivity contribution in [3.63, 3.8) is 0 Å². The van der Waals surface area contributed by atoms with E-state index in [4.69, 9.17) is 4.74 Å². The lowest BCUT2D eigenvalue weighted by Gasteiger charge is -2.37. The summed E-state index contributed by atoms with van der Waals surface area (Å²) in [6, 6.07) is 0. The summed E-state index contributed by atoms with van der Waals surface area (Å²) in [7, 11) is 0. The van der Waals surface area contributed by atoms with Crippen LogP contribution in [0.1, 0.15) is 19.8 Å². The number of piperazine rings is 1. The highest BCUT2D eigenvalue weighted by molar-refractivity contribution is 5.80. The fraction of sp³-hybridized carbons (Fsp3) is 0.857. The number of amides is 1. The first-order chi connectivity index (χ1) is 8.70. The Balaban J connectivity index is 1.62. The van der Waals surface area contributed by atoms with Gasteiger partial charge in [0.1, 0.15) is 0 Å². The van der Waals surface area contributed by atoms with E-state index >= 15 is 0 Å². The Morgan fingerprint density at radius 3 is 2.44 bits per heavy atom. The number of nitrogens with zero attached hydrogens (tertiary/aromatic N) is 2. The van der Waals surface area contributed by atoms with Crippen LogP contribution in [0.2, 0.25) is 0 Å². The van der Waals surface area contributed by atoms with Crippen molar-refractivity contribution in [3.8, 4) is 0 Å². The van der Waals surface area contributed by atoms with Gasteiger partial charge in [0.2, 0.25) is 5.91 Å². The van der Waals surface area contributed by atoms with Crippen LogP contribution in [0.5, 0.6) is 0 Å². The lowest BCUT2D eigenvalue weighted by molar-refractivity contribution is -0.139. The molecule has 4 atom stereocenters. The predicted molar refractivity (Wildman–Crippen MR) is 68.9 cm³/mol. The third kappa shape index (κ3) is 1.95. The molecule has 4 nitrogen and oxygen atoms in total. The number of likely N-dealkylation sites (N-methyl/N-ethyl adjacent to an activating group) is 1. The molecule has 3 aliphatic heterocycles. The average Bonchev–Trinajstić information content (AvgIpc) is 2.99. The Labute approximate surface area is 109 Å². The molecule has 2 unspecified atom stereocenters. The highest BCUT2D eigenvalue weighted by Gasteiger charge is 2.51. The molecular formula is C14H23N2O2. The van der Waals surface area contributed by atoms with E-state index in [9.17, 15) is 4.79 Å². The van der Waals surface area contributed by atoms with E-state index in [2.05, 4.69) is 18.7 Å². The summed E-state index contributed by atoms with van der Waals surface area (Å²) < 4.78 is 5.83. The largest absolute Gasteiger partial charge is 0.374 e. The van der Waals surface area contributed by atoms with E-state index in [1.807, 2.05) is 4.90 Å². The minimum Gasteiger partial charge on any atom is -0.374 e. The van der Waals surface area contributed by atoms with E-state index in [0.29, 0.717) is 0 Å². The molecule has 2 bridgehead atoms. The first-order valence-corrected chi connectivity index (χ1v) is 7.20. The van der Waals surface area contributed by atoms with Crippen LogP contribution in [0.3, 0.4) is 0 Å². The quantitative estimate of drug-likeness (QED) is 0.727. The highest BCUT2D eigenvalue weighted by Crippen LogP contribution is 2.43. The zero-order valence-corrected chi connectivity index (χ0v) is 11.2. The molecule has 3 fully saturated rings. The van der Waals surface area contributed by atoms with Crippen molar-refractivity contribution in [3.05, 3.63) is 6.92 Å². The molecule has 0 saturated carbocycles. The molecular weight excluding hydrogens is 228 g/mol. The molecule has 3 heterocycles. The van der Waals surface area contributed by atoms with Gasteiger partial charge in [0.05, 0.1) is 18.1 Å². The maximum Gasteiger partial charge on any atom is 0.228 e. The summed E-state index contributed by atoms with van der Waals surface area (Å²) in [4.78, 5) is 17.0. The molecule has 0 aromatic carbocycles. The third-order valence-electron chi connectivity index (χ3n) is 4.84. The van der Waals surface area contributed by atoms with Gasteiger partial charge in [-0.2, -0.15) is 0 Å². The Morgan fingerprint density at radius 1 is 1.22 bits per heavy atom. The number of ether oxygens (including phenoxy) is 1. The van der Waals surface area contributed by atoms with Gasteiger partial charge in [-0.05, 0) is 32.2 Å². The van der Waals surface area contributed by atoms with E-state index < -0.39 is 0 Å². The van der Waals surface area contributed by atoms with Crippen molar-refractivity contribution in [1.29, 1.82) is 0 Å². The molecule has 0 aromatic rings. The van der Waals surface area contributed by atoms with Crippen molar-refractivity contribution in [2.75, 3.05) is 32.7 Å². The molecule has 0 N–H and O–H groups in total. The number of carbonyl (C=O) groups excluding carboxylic acids is 1. The fourth-order valence-corrected chi connectivity index (χ4v) is 3.61. The molecule has 1 radical (unpaired) electrons. The second-order valence-electron chi connectivity index (χ2n) is 5.74. The van der Waals surface area contributed by atoms with Crippen molar-refractivity contribution >= 4 is 5.91 Å². The summed E-state index contributed by atoms with van der Waals surface area (Å²) in [5.74, 6) is 0.482. The van der Waals surface area contributed by atoms with E-state index in [1.165, 1.54) is 0 Å². The molecule has 18 heavy (non-hydrogen) atoms. The Kier molecular flexibility index (Phi) is 3.32. The first kappa shape index (κ1) is 12.4. The van der Waals surface area contributed by atoms with Crippen LogP contribution >= 0.6 is 0 Å². The Hall–Kier alpha value is -0.610. The van der Waals surface area contributed by atoms with Gasteiger partial charge in [-0.3, -0.25) is 4.79 Å². The van der Waals surface area contributed by atoms with E-state index in [-0.39, 0.29) is 30.0 Å². The number of rotatable bonds is 2. The predicted octanol–water partition coefficient (Wildman–Crippen LogP) is 0.778. The van der Waals surface area contributed by atoms with Crippen molar-refractivity contribution in [1.82, 2.24) is 9.80 Å². The second-order valence-corrected chi connectivity index (χ2v) is 5.74. The molecule has 3 aliphatic rings. The molecule has 3 saturated heterocycles. The van der Waals surface area contributed by atoms with Crippen LogP contribution in [-0.2, 0) is 9.53 Å². The van der Waals surface area contributed by atoms with Gasteiger partial charge < -0.3 is 14.5 Å². The zero-order valence-electron chi connectivity index (χ0n) is 11.2. The molecule has 0 aromatic heterocycles. The van der Waals surface area contributed by atoms with Crippen LogP contribution in [-0.4, -0.2) is 60.6 Å². The van der Waals surface area contributed by atoms with Crippen molar-refractivity contribution in [2.45, 2.75) is 32.0 Å². The van der Waals surface area contributed by atoms with Crippen LogP contribution in [0, 0.1) is 18.8 Å². The number of fused-ring (bicyclic) bond motifs is 2. The van der Waals surface area contributed by atoms with Crippen LogP contribution in [0.15, 0.2) is 0 Å². The molecule has 101 valence electrons. The van der Waals surface area contributed by atoms with Crippen molar-refractivity contribution < 1.29 is 9.53 Å². The Bertz CT molecular complexity index is 324. The molecule has 3 rings (SSSR count). The lowest BCUT2D eigenvalue weighted by Crippen LogP contribution is -2.52. The van der Waals surface area contributed by atoms with Gasteiger partial charge in [0.25, 0.3) is 0 Å². The topological polar surface area (TPSA) is 32.8 Å². The van der Waals surface area contributed by atoms with E-state index in [0.717, 1.165) is 45.6 Å². The summed E-state index contributed by atoms with van der Waals surface area (Å²) in [5, 5.41) is 0. The minimum absolute atomic E-state index is 0.0249. The summed E-state index contributed by atoms with van der Waals surface area (Å²) in [6.07, 6.45) is 2.52. The van der Waals surface area contributed by atoms with Crippen molar-refractivity contribution in [2.24, 2.45) is 11.8 Å². The smallest absolute Gasteiger partial charge is 0.228 e. The molecule has 0 aliphatic carbocycles. The number of hydrogen-bond acceptors (Lipinski definition) is 3. The van der Waals surface area contributed by atoms with Gasteiger partial charge in [-0.1, -0.05) is 6.92 Å². The maximum absolute atomic E-state index is 12.6. The monoisotopic (exact) mass is 251 g/mol. The van der Waals surface area contributed by atoms with Gasteiger partial charge >= 0.3 is 0 Å². The Morgan fingerprint density at radius 2 is 1.89 bits per heavy atom. The molecule has 0 spiro atoms. The first-order valence-electron chi connectivity index (χ1n) is 7.20. The summed E-state index contributed by atoms with van der Waals surface area (Å²) in [6.45, 7) is 11.2. The lowest BCUT2D eigenvalue weighted by atomic mass is 9.79. The van der Waals surface area contributed by atoms with Crippen LogP contribution < -0.4 is 0 Å². The summed E-state index contributed by atoms with van der Waals surface area (Å²) in [5.41, 5.74) is 0. The third-order valence-corrected chi connectivity index (χ3v) is 4.84. The van der Waals surface area contributed by atoms with Gasteiger partial charge in [0.15, 0.2) is 0 Å². The maximum atomic E-state index is 12.6. The van der Waals surface area contributed by atoms with Gasteiger partial charge in [0, 0.05) is 26.2 Å². The van der Waals surface area contributed by atoms with Crippen LogP contribution in [0.25, 0.3) is 0 Å². The fourth-order valence-electron chi connectivity index (χ4n) is 3.61. The SMILES string of the molecule is [CH2]C1C(C(=O)N2CCN(CC)CC2)[C@@H]2CC[C@H]1O2. The zero-order chi connectivity index (χ0) is 12.7. The average molecular weight is 251 g/mol. The minimum atomic E-state index is 0.0249. The standard InChI is InChI=1S/C14H23N2O2/c1-3-15-6-8-16(9-7-15)14(17)13-10(2)11-4-5-12(13)18-11/h10-13H,2-9H2,1H3/t10?,11-,12+,13?/m1/s1. The van der Waals surface area contributed by atoms with Gasteiger partial charge in [-0.25, -0.2) is 0 Å². The van der Waals surface area contributed by atoms with Crippen LogP contribution in [0.4, 0.5) is 0 Å². The molecule has 4 heteroatoms. The highest BCUT2D eigenvalue weighted by atomic mass is 16.5. The molecule has 1 amide bonds. The van der Waals surface area contributed by atoms with Gasteiger partial charge in [-0.15, -0.1) is 0 Å².